The van der Waals surface area contributed by atoms with Gasteiger partial charge >= 0.3 is 0 Å². The zero-order chi connectivity index (χ0) is 14.0. The Kier molecular flexibility index (Phi) is 4.90. The first-order valence-electron chi connectivity index (χ1n) is 5.97. The number of nitrogens with zero attached hydrogens (tertiary/aromatic N) is 1. The Balaban J connectivity index is 2.17. The van der Waals surface area contributed by atoms with Gasteiger partial charge in [-0.15, -0.1) is 11.3 Å². The van der Waals surface area contributed by atoms with Crippen molar-refractivity contribution in [2.75, 3.05) is 11.9 Å². The summed E-state index contributed by atoms with van der Waals surface area (Å²) in [4.78, 5) is 3.44. The monoisotopic (exact) mass is 358 g/mol. The molecule has 0 amide bonds. The van der Waals surface area contributed by atoms with Crippen LogP contribution < -0.4 is 10.6 Å². The smallest absolute Gasteiger partial charge is 0.0931 e. The molecule has 2 aromatic rings. The van der Waals surface area contributed by atoms with E-state index in [4.69, 9.17) is 17.3 Å². The molecule has 2 N–H and O–H groups in total. The summed E-state index contributed by atoms with van der Waals surface area (Å²) in [6.07, 6.45) is 0. The van der Waals surface area contributed by atoms with Crippen LogP contribution in [0.25, 0.3) is 0 Å². The number of thiophene rings is 1. The van der Waals surface area contributed by atoms with E-state index < -0.39 is 0 Å². The lowest BCUT2D eigenvalue weighted by atomic mass is 10.1. The standard InChI is InChI=1S/C14H16BrClN2S/c1-9(17)10-3-5-13(12(15)7-10)18(2)8-11-4-6-14(16)19-11/h3-7,9H,8,17H2,1-2H3/t9-/m0/s1. The maximum atomic E-state index is 5.95. The molecule has 0 aliphatic heterocycles. The fourth-order valence-corrected chi connectivity index (χ4v) is 3.71. The van der Waals surface area contributed by atoms with Crippen LogP contribution in [0, 0.1) is 0 Å². The van der Waals surface area contributed by atoms with Gasteiger partial charge in [-0.25, -0.2) is 0 Å². The maximum absolute atomic E-state index is 5.95. The Morgan fingerprint density at radius 1 is 1.37 bits per heavy atom. The molecule has 0 bridgehead atoms. The molecule has 0 spiro atoms. The number of nitrogens with two attached hydrogens (primary N) is 1. The SMILES string of the molecule is C[C@H](N)c1ccc(N(C)Cc2ccc(Cl)s2)c(Br)c1. The van der Waals surface area contributed by atoms with Gasteiger partial charge in [-0.2, -0.15) is 0 Å². The normalized spacial score (nSPS) is 12.5. The van der Waals surface area contributed by atoms with Crippen LogP contribution >= 0.6 is 38.9 Å². The van der Waals surface area contributed by atoms with Gasteiger partial charge in [-0.05, 0) is 52.7 Å². The molecule has 5 heteroatoms. The van der Waals surface area contributed by atoms with Crippen molar-refractivity contribution >= 4 is 44.6 Å². The van der Waals surface area contributed by atoms with Gasteiger partial charge in [0, 0.05) is 22.4 Å². The van der Waals surface area contributed by atoms with Gasteiger partial charge in [0.15, 0.2) is 0 Å². The number of halogens is 2. The predicted octanol–water partition coefficient (Wildman–Crippen LogP) is 4.82. The zero-order valence-corrected chi connectivity index (χ0v) is 14.0. The second-order valence-corrected chi connectivity index (χ2v) is 7.22. The second-order valence-electron chi connectivity index (χ2n) is 4.56. The third-order valence-corrected chi connectivity index (χ3v) is 4.78. The molecule has 0 aliphatic rings. The van der Waals surface area contributed by atoms with E-state index in [-0.39, 0.29) is 6.04 Å². The Bertz CT molecular complexity index is 568. The Hall–Kier alpha value is -0.550. The fourth-order valence-electron chi connectivity index (χ4n) is 1.87. The molecule has 1 aromatic heterocycles. The summed E-state index contributed by atoms with van der Waals surface area (Å²) in [5, 5.41) is 0. The lowest BCUT2D eigenvalue weighted by molar-refractivity contribution is 0.816. The minimum Gasteiger partial charge on any atom is -0.369 e. The van der Waals surface area contributed by atoms with Crippen LogP contribution in [-0.4, -0.2) is 7.05 Å². The fraction of sp³-hybridized carbons (Fsp3) is 0.286. The zero-order valence-electron chi connectivity index (χ0n) is 10.9. The van der Waals surface area contributed by atoms with Crippen molar-refractivity contribution in [3.8, 4) is 0 Å². The van der Waals surface area contributed by atoms with Crippen molar-refractivity contribution < 1.29 is 0 Å². The van der Waals surface area contributed by atoms with E-state index >= 15 is 0 Å². The summed E-state index contributed by atoms with van der Waals surface area (Å²) in [6.45, 7) is 2.83. The Morgan fingerprint density at radius 2 is 2.11 bits per heavy atom. The maximum Gasteiger partial charge on any atom is 0.0931 e. The van der Waals surface area contributed by atoms with Crippen LogP contribution in [0.5, 0.6) is 0 Å². The molecule has 102 valence electrons. The minimum absolute atomic E-state index is 0.0479. The molecule has 19 heavy (non-hydrogen) atoms. The van der Waals surface area contributed by atoms with Gasteiger partial charge in [-0.3, -0.25) is 0 Å². The van der Waals surface area contributed by atoms with Crippen LogP contribution in [0.4, 0.5) is 5.69 Å². The lowest BCUT2D eigenvalue weighted by Gasteiger charge is -2.21. The summed E-state index contributed by atoms with van der Waals surface area (Å²) in [5.41, 5.74) is 8.16. The summed E-state index contributed by atoms with van der Waals surface area (Å²) < 4.78 is 1.89. The summed E-state index contributed by atoms with van der Waals surface area (Å²) in [6, 6.07) is 10.3. The Labute approximate surface area is 131 Å². The van der Waals surface area contributed by atoms with E-state index in [1.807, 2.05) is 13.0 Å². The minimum atomic E-state index is 0.0479. The van der Waals surface area contributed by atoms with Crippen molar-refractivity contribution in [3.05, 3.63) is 49.6 Å². The van der Waals surface area contributed by atoms with Crippen molar-refractivity contribution in [2.45, 2.75) is 19.5 Å². The summed E-state index contributed by atoms with van der Waals surface area (Å²) in [7, 11) is 2.07. The van der Waals surface area contributed by atoms with E-state index in [9.17, 15) is 0 Å². The topological polar surface area (TPSA) is 29.3 Å². The average molecular weight is 360 g/mol. The summed E-state index contributed by atoms with van der Waals surface area (Å²) >= 11 is 11.2. The third kappa shape index (κ3) is 3.72. The van der Waals surface area contributed by atoms with E-state index in [2.05, 4.69) is 52.1 Å². The van der Waals surface area contributed by atoms with Gasteiger partial charge in [0.1, 0.15) is 0 Å². The van der Waals surface area contributed by atoms with Gasteiger partial charge in [-0.1, -0.05) is 17.7 Å². The highest BCUT2D eigenvalue weighted by molar-refractivity contribution is 9.10. The molecular weight excluding hydrogens is 344 g/mol. The lowest BCUT2D eigenvalue weighted by Crippen LogP contribution is -2.16. The Morgan fingerprint density at radius 3 is 2.63 bits per heavy atom. The molecular formula is C14H16BrClN2S. The highest BCUT2D eigenvalue weighted by Crippen LogP contribution is 2.30. The number of hydrogen-bond acceptors (Lipinski definition) is 3. The highest BCUT2D eigenvalue weighted by atomic mass is 79.9. The van der Waals surface area contributed by atoms with Crippen molar-refractivity contribution in [1.82, 2.24) is 0 Å². The van der Waals surface area contributed by atoms with Crippen molar-refractivity contribution in [3.63, 3.8) is 0 Å². The van der Waals surface area contributed by atoms with Gasteiger partial charge < -0.3 is 10.6 Å². The van der Waals surface area contributed by atoms with Crippen LogP contribution in [0.1, 0.15) is 23.4 Å². The van der Waals surface area contributed by atoms with E-state index in [1.165, 1.54) is 4.88 Å². The molecule has 0 aliphatic carbocycles. The van der Waals surface area contributed by atoms with Gasteiger partial charge in [0.05, 0.1) is 16.6 Å². The molecule has 2 nitrogen and oxygen atoms in total. The molecule has 0 fully saturated rings. The molecule has 0 radical (unpaired) electrons. The van der Waals surface area contributed by atoms with Crippen molar-refractivity contribution in [2.24, 2.45) is 5.73 Å². The summed E-state index contributed by atoms with van der Waals surface area (Å²) in [5.74, 6) is 0. The van der Waals surface area contributed by atoms with Crippen LogP contribution in [0.15, 0.2) is 34.8 Å². The quantitative estimate of drug-likeness (QED) is 0.848. The molecule has 1 heterocycles. The number of hydrogen-bond donors (Lipinski definition) is 1. The molecule has 0 unspecified atom stereocenters. The van der Waals surface area contributed by atoms with E-state index in [1.54, 1.807) is 11.3 Å². The molecule has 1 atom stereocenters. The van der Waals surface area contributed by atoms with Crippen LogP contribution in [0.3, 0.4) is 0 Å². The first-order chi connectivity index (χ1) is 8.97. The van der Waals surface area contributed by atoms with Crippen LogP contribution in [0.2, 0.25) is 4.34 Å². The second kappa shape index (κ2) is 6.27. The molecule has 0 saturated heterocycles. The molecule has 1 aromatic carbocycles. The molecule has 0 saturated carbocycles. The largest absolute Gasteiger partial charge is 0.369 e. The average Bonchev–Trinajstić information content (AvgIpc) is 2.74. The predicted molar refractivity (Wildman–Crippen MR) is 88.2 cm³/mol. The molecule has 2 rings (SSSR count). The van der Waals surface area contributed by atoms with Crippen LogP contribution in [-0.2, 0) is 6.54 Å². The van der Waals surface area contributed by atoms with Gasteiger partial charge in [0.25, 0.3) is 0 Å². The van der Waals surface area contributed by atoms with E-state index in [0.717, 1.165) is 26.6 Å². The number of rotatable bonds is 4. The van der Waals surface area contributed by atoms with Gasteiger partial charge in [0.2, 0.25) is 0 Å². The number of benzene rings is 1. The highest BCUT2D eigenvalue weighted by Gasteiger charge is 2.10. The first-order valence-corrected chi connectivity index (χ1v) is 7.96. The third-order valence-electron chi connectivity index (χ3n) is 2.93. The first kappa shape index (κ1) is 14.9. The van der Waals surface area contributed by atoms with E-state index in [0.29, 0.717) is 0 Å². The van der Waals surface area contributed by atoms with Crippen molar-refractivity contribution in [1.29, 1.82) is 0 Å². The number of anilines is 1.